The molecule has 0 aliphatic carbocycles. The van der Waals surface area contributed by atoms with Gasteiger partial charge in [-0.15, -0.1) is 0 Å². The maximum absolute atomic E-state index is 12.3. The van der Waals surface area contributed by atoms with Gasteiger partial charge in [-0.3, -0.25) is 4.79 Å². The first-order valence-corrected chi connectivity index (χ1v) is 13.1. The molecule has 1 atom stereocenters. The summed E-state index contributed by atoms with van der Waals surface area (Å²) in [6.07, 6.45) is 7.08. The Kier molecular flexibility index (Phi) is 6.69. The molecule has 1 aliphatic rings. The van der Waals surface area contributed by atoms with Crippen LogP contribution in [-0.2, 0) is 4.79 Å². The fourth-order valence-corrected chi connectivity index (χ4v) is 4.98. The molecule has 6 rings (SSSR count). The lowest BCUT2D eigenvalue weighted by Gasteiger charge is -2.28. The van der Waals surface area contributed by atoms with Crippen molar-refractivity contribution in [1.29, 1.82) is 0 Å². The summed E-state index contributed by atoms with van der Waals surface area (Å²) in [6, 6.07) is 13.5. The largest absolute Gasteiger partial charge is 0.457 e. The van der Waals surface area contributed by atoms with E-state index in [1.54, 1.807) is 4.52 Å². The van der Waals surface area contributed by atoms with Crippen molar-refractivity contribution in [3.05, 3.63) is 79.5 Å². The number of anilines is 3. The van der Waals surface area contributed by atoms with Crippen molar-refractivity contribution in [2.45, 2.75) is 26.3 Å². The highest BCUT2D eigenvalue weighted by Crippen LogP contribution is 2.30. The highest BCUT2D eigenvalue weighted by Gasteiger charge is 2.25. The van der Waals surface area contributed by atoms with Gasteiger partial charge in [0.15, 0.2) is 11.5 Å². The van der Waals surface area contributed by atoms with Gasteiger partial charge in [0, 0.05) is 43.6 Å². The molecule has 11 nitrogen and oxygen atoms in total. The monoisotopic (exact) mass is 535 g/mol. The van der Waals surface area contributed by atoms with Crippen molar-refractivity contribution in [3.8, 4) is 11.5 Å². The Morgan fingerprint density at radius 2 is 2.00 bits per heavy atom. The Labute approximate surface area is 231 Å². The van der Waals surface area contributed by atoms with Gasteiger partial charge >= 0.3 is 0 Å². The van der Waals surface area contributed by atoms with Gasteiger partial charge in [-0.25, -0.2) is 24.5 Å². The van der Waals surface area contributed by atoms with E-state index >= 15 is 0 Å². The van der Waals surface area contributed by atoms with E-state index in [0.717, 1.165) is 41.3 Å². The van der Waals surface area contributed by atoms with Gasteiger partial charge in [0.05, 0.1) is 5.52 Å². The molecule has 5 aromatic rings. The Morgan fingerprint density at radius 1 is 1.10 bits per heavy atom. The Bertz CT molecular complexity index is 1720. The van der Waals surface area contributed by atoms with Gasteiger partial charge in [0.1, 0.15) is 35.5 Å². The number of pyridine rings is 2. The van der Waals surface area contributed by atoms with E-state index < -0.39 is 0 Å². The average Bonchev–Trinajstić information content (AvgIpc) is 3.34. The van der Waals surface area contributed by atoms with Gasteiger partial charge in [-0.2, -0.15) is 5.10 Å². The topological polar surface area (TPSA) is 114 Å². The van der Waals surface area contributed by atoms with E-state index in [1.807, 2.05) is 60.5 Å². The Balaban J connectivity index is 1.23. The van der Waals surface area contributed by atoms with Crippen LogP contribution in [0.1, 0.15) is 18.9 Å². The molecule has 1 saturated heterocycles. The smallest absolute Gasteiger partial charge is 0.246 e. The third kappa shape index (κ3) is 5.00. The first-order chi connectivity index (χ1) is 19.5. The highest BCUT2D eigenvalue weighted by atomic mass is 16.5. The zero-order chi connectivity index (χ0) is 27.6. The van der Waals surface area contributed by atoms with Gasteiger partial charge in [-0.05, 0) is 68.3 Å². The molecular formula is C29H29N9O2. The number of hydrogen-bond donors (Lipinski definition) is 1. The maximum Gasteiger partial charge on any atom is 0.246 e. The van der Waals surface area contributed by atoms with Crippen molar-refractivity contribution >= 4 is 39.9 Å². The molecule has 202 valence electrons. The Hall–Kier alpha value is -5.06. The first kappa shape index (κ1) is 25.2. The molecular weight excluding hydrogens is 506 g/mol. The van der Waals surface area contributed by atoms with Crippen LogP contribution in [0.2, 0.25) is 0 Å². The number of rotatable bonds is 6. The summed E-state index contributed by atoms with van der Waals surface area (Å²) in [5.74, 6) is 2.83. The van der Waals surface area contributed by atoms with E-state index in [2.05, 4.69) is 43.8 Å². The quantitative estimate of drug-likeness (QED) is 0.313. The molecule has 1 amide bonds. The zero-order valence-electron chi connectivity index (χ0n) is 22.4. The van der Waals surface area contributed by atoms with E-state index in [9.17, 15) is 4.79 Å². The van der Waals surface area contributed by atoms with Crippen LogP contribution in [0.5, 0.6) is 11.5 Å². The lowest BCUT2D eigenvalue weighted by Crippen LogP contribution is -2.42. The molecule has 0 saturated carbocycles. The van der Waals surface area contributed by atoms with Crippen LogP contribution in [-0.4, -0.2) is 66.0 Å². The summed E-state index contributed by atoms with van der Waals surface area (Å²) in [5, 5.41) is 7.52. The Morgan fingerprint density at radius 3 is 2.85 bits per heavy atom. The van der Waals surface area contributed by atoms with Crippen LogP contribution in [0.25, 0.3) is 16.7 Å². The fourth-order valence-electron chi connectivity index (χ4n) is 4.98. The number of nitrogens with zero attached hydrogens (tertiary/aromatic N) is 8. The predicted molar refractivity (Wildman–Crippen MR) is 153 cm³/mol. The van der Waals surface area contributed by atoms with Crippen molar-refractivity contribution in [3.63, 3.8) is 0 Å². The van der Waals surface area contributed by atoms with Crippen LogP contribution in [0.15, 0.2) is 74.0 Å². The van der Waals surface area contributed by atoms with Crippen molar-refractivity contribution in [2.24, 2.45) is 0 Å². The molecule has 1 N–H and O–H groups in total. The molecule has 0 unspecified atom stereocenters. The first-order valence-electron chi connectivity index (χ1n) is 13.1. The molecule has 1 aliphatic heterocycles. The molecule has 1 fully saturated rings. The van der Waals surface area contributed by atoms with Crippen LogP contribution in [0, 0.1) is 6.92 Å². The number of carbonyl (C=O) groups is 1. The van der Waals surface area contributed by atoms with Crippen molar-refractivity contribution in [2.75, 3.05) is 29.9 Å². The van der Waals surface area contributed by atoms with Crippen LogP contribution in [0.3, 0.4) is 0 Å². The van der Waals surface area contributed by atoms with E-state index in [4.69, 9.17) is 9.72 Å². The minimum atomic E-state index is -0.0381. The molecule has 5 heterocycles. The van der Waals surface area contributed by atoms with Gasteiger partial charge < -0.3 is 19.9 Å². The second kappa shape index (κ2) is 10.6. The number of hydrogen-bond acceptors (Lipinski definition) is 9. The number of fused-ring (bicyclic) bond motifs is 2. The molecule has 1 aromatic carbocycles. The average molecular weight is 536 g/mol. The number of aromatic nitrogens is 6. The second-order valence-corrected chi connectivity index (χ2v) is 9.78. The number of aryl methyl sites for hydroxylation is 1. The van der Waals surface area contributed by atoms with Crippen LogP contribution >= 0.6 is 0 Å². The number of carbonyl (C=O) groups excluding carboxylic acids is 1. The zero-order valence-corrected chi connectivity index (χ0v) is 22.4. The molecule has 0 spiro atoms. The van der Waals surface area contributed by atoms with E-state index in [1.165, 1.54) is 18.7 Å². The summed E-state index contributed by atoms with van der Waals surface area (Å²) in [4.78, 5) is 34.4. The highest BCUT2D eigenvalue weighted by molar-refractivity contribution is 5.88. The SMILES string of the molecule is C=CC(=O)N1CCCN(c2ccc3ncnc(Nc4ccc(Oc5ccn6ncnc6c5)c(C)c4)c3n2)C[C@@H]1C. The summed E-state index contributed by atoms with van der Waals surface area (Å²) < 4.78 is 7.80. The van der Waals surface area contributed by atoms with Gasteiger partial charge in [0.2, 0.25) is 5.91 Å². The van der Waals surface area contributed by atoms with Crippen LogP contribution in [0.4, 0.5) is 17.3 Å². The number of nitrogens with one attached hydrogen (secondary N) is 1. The molecule has 0 radical (unpaired) electrons. The molecule has 40 heavy (non-hydrogen) atoms. The predicted octanol–water partition coefficient (Wildman–Crippen LogP) is 4.53. The minimum Gasteiger partial charge on any atom is -0.457 e. The number of benzene rings is 1. The number of amides is 1. The summed E-state index contributed by atoms with van der Waals surface area (Å²) in [5.41, 5.74) is 3.94. The lowest BCUT2D eigenvalue weighted by atomic mass is 10.2. The van der Waals surface area contributed by atoms with Crippen molar-refractivity contribution < 1.29 is 9.53 Å². The fraction of sp³-hybridized carbons (Fsp3) is 0.241. The third-order valence-corrected chi connectivity index (χ3v) is 7.01. The van der Waals surface area contributed by atoms with E-state index in [-0.39, 0.29) is 11.9 Å². The third-order valence-electron chi connectivity index (χ3n) is 7.01. The second-order valence-electron chi connectivity index (χ2n) is 9.78. The number of ether oxygens (including phenoxy) is 1. The standard InChI is InChI=1S/C29H29N9O2/c1-4-27(39)37-12-5-11-36(16-20(37)3)25-9-7-23-28(35-25)29(32-17-30-23)34-21-6-8-24(19(2)14-21)40-22-10-13-38-26(15-22)31-18-33-38/h4,6-10,13-15,17-18,20H,1,5,11-12,16H2,2-3H3,(H,30,32,34)/t20-/m0/s1. The van der Waals surface area contributed by atoms with Crippen molar-refractivity contribution in [1.82, 2.24) is 34.4 Å². The molecule has 4 aromatic heterocycles. The summed E-state index contributed by atoms with van der Waals surface area (Å²) in [7, 11) is 0. The molecule has 0 bridgehead atoms. The molecule has 11 heteroatoms. The minimum absolute atomic E-state index is 0.0381. The van der Waals surface area contributed by atoms with Crippen LogP contribution < -0.4 is 15.0 Å². The normalized spacial score (nSPS) is 15.7. The summed E-state index contributed by atoms with van der Waals surface area (Å²) in [6.45, 7) is 9.86. The van der Waals surface area contributed by atoms with E-state index in [0.29, 0.717) is 35.8 Å². The van der Waals surface area contributed by atoms with Gasteiger partial charge in [0.25, 0.3) is 0 Å². The summed E-state index contributed by atoms with van der Waals surface area (Å²) >= 11 is 0. The van der Waals surface area contributed by atoms with Gasteiger partial charge in [-0.1, -0.05) is 6.58 Å². The maximum atomic E-state index is 12.3. The lowest BCUT2D eigenvalue weighted by molar-refractivity contribution is -0.127.